The average Bonchev–Trinajstić information content (AvgIpc) is 2.31. The maximum atomic E-state index is 5.94. The molecule has 0 spiro atoms. The van der Waals surface area contributed by atoms with Crippen LogP contribution in [0.2, 0.25) is 5.02 Å². The molecule has 0 heterocycles. The maximum Gasteiger partial charge on any atom is 0.106 e. The number of thiocarbonyl (C=S) groups is 1. The van der Waals surface area contributed by atoms with E-state index in [1.165, 1.54) is 0 Å². The molecule has 0 aliphatic carbocycles. The fourth-order valence-corrected chi connectivity index (χ4v) is 2.44. The number of benzene rings is 2. The molecule has 0 fully saturated rings. The molecule has 2 aromatic rings. The fourth-order valence-electron chi connectivity index (χ4n) is 1.55. The summed E-state index contributed by atoms with van der Waals surface area (Å²) < 4.78 is 1.16. The van der Waals surface area contributed by atoms with Gasteiger partial charge in [0, 0.05) is 25.5 Å². The Morgan fingerprint density at radius 2 is 2.00 bits per heavy atom. The highest BCUT2D eigenvalue weighted by molar-refractivity contribution is 14.1. The summed E-state index contributed by atoms with van der Waals surface area (Å²) in [6, 6.07) is 13.5. The molecular weight excluding hydrogens is 379 g/mol. The molecule has 2 aromatic carbocycles. The van der Waals surface area contributed by atoms with Crippen LogP contribution in [0.3, 0.4) is 0 Å². The molecule has 0 radical (unpaired) electrons. The summed E-state index contributed by atoms with van der Waals surface area (Å²) in [5.74, 6) is 0. The summed E-state index contributed by atoms with van der Waals surface area (Å²) in [4.78, 5) is 0.325. The second-order valence-electron chi connectivity index (χ2n) is 3.69. The molecule has 0 bridgehead atoms. The molecular formula is C13H10ClIN2S. The van der Waals surface area contributed by atoms with E-state index in [0.29, 0.717) is 10.0 Å². The molecule has 92 valence electrons. The van der Waals surface area contributed by atoms with Crippen molar-refractivity contribution in [2.24, 2.45) is 5.73 Å². The Morgan fingerprint density at radius 1 is 1.22 bits per heavy atom. The molecule has 0 atom stereocenters. The number of nitrogens with two attached hydrogens (primary N) is 1. The summed E-state index contributed by atoms with van der Waals surface area (Å²) in [7, 11) is 0. The van der Waals surface area contributed by atoms with Gasteiger partial charge in [-0.15, -0.1) is 0 Å². The zero-order valence-electron chi connectivity index (χ0n) is 9.28. The van der Waals surface area contributed by atoms with Crippen LogP contribution >= 0.6 is 46.4 Å². The van der Waals surface area contributed by atoms with Gasteiger partial charge in [-0.1, -0.05) is 29.9 Å². The molecule has 0 aromatic heterocycles. The molecule has 5 heteroatoms. The van der Waals surface area contributed by atoms with Gasteiger partial charge < -0.3 is 11.1 Å². The van der Waals surface area contributed by atoms with E-state index in [-0.39, 0.29) is 0 Å². The van der Waals surface area contributed by atoms with E-state index < -0.39 is 0 Å². The minimum atomic E-state index is 0.325. The molecule has 18 heavy (non-hydrogen) atoms. The molecule has 0 saturated heterocycles. The van der Waals surface area contributed by atoms with Crippen LogP contribution < -0.4 is 11.1 Å². The van der Waals surface area contributed by atoms with Crippen LogP contribution in [0.15, 0.2) is 42.5 Å². The third kappa shape index (κ3) is 3.34. The Hall–Kier alpha value is -0.850. The predicted octanol–water partition coefficient (Wildman–Crippen LogP) is 4.32. The molecule has 0 aliphatic rings. The van der Waals surface area contributed by atoms with Crippen molar-refractivity contribution in [2.45, 2.75) is 0 Å². The van der Waals surface area contributed by atoms with Crippen LogP contribution in [0.1, 0.15) is 5.56 Å². The van der Waals surface area contributed by atoms with Gasteiger partial charge in [0.2, 0.25) is 0 Å². The first-order chi connectivity index (χ1) is 8.56. The average molecular weight is 389 g/mol. The Morgan fingerprint density at radius 3 is 2.67 bits per heavy atom. The van der Waals surface area contributed by atoms with Gasteiger partial charge in [-0.05, 0) is 59.0 Å². The van der Waals surface area contributed by atoms with Crippen molar-refractivity contribution in [1.82, 2.24) is 0 Å². The SMILES string of the molecule is NC(=S)c1cc(Cl)ccc1Nc1cccc(I)c1. The number of nitrogens with one attached hydrogen (secondary N) is 1. The summed E-state index contributed by atoms with van der Waals surface area (Å²) in [5, 5.41) is 3.91. The van der Waals surface area contributed by atoms with Gasteiger partial charge in [-0.25, -0.2) is 0 Å². The maximum absolute atomic E-state index is 5.94. The lowest BCUT2D eigenvalue weighted by Gasteiger charge is -2.12. The lowest BCUT2D eigenvalue weighted by Crippen LogP contribution is -2.11. The summed E-state index contributed by atoms with van der Waals surface area (Å²) in [6.07, 6.45) is 0. The van der Waals surface area contributed by atoms with Crippen LogP contribution in [0.5, 0.6) is 0 Å². The topological polar surface area (TPSA) is 38.0 Å². The normalized spacial score (nSPS) is 10.1. The third-order valence-electron chi connectivity index (χ3n) is 2.35. The third-order valence-corrected chi connectivity index (χ3v) is 3.48. The molecule has 2 rings (SSSR count). The van der Waals surface area contributed by atoms with E-state index >= 15 is 0 Å². The van der Waals surface area contributed by atoms with E-state index in [1.54, 1.807) is 12.1 Å². The number of hydrogen-bond acceptors (Lipinski definition) is 2. The minimum absolute atomic E-state index is 0.325. The van der Waals surface area contributed by atoms with Crippen molar-refractivity contribution in [1.29, 1.82) is 0 Å². The predicted molar refractivity (Wildman–Crippen MR) is 89.8 cm³/mol. The van der Waals surface area contributed by atoms with Crippen molar-refractivity contribution in [3.8, 4) is 0 Å². The quantitative estimate of drug-likeness (QED) is 0.607. The lowest BCUT2D eigenvalue weighted by atomic mass is 10.1. The monoisotopic (exact) mass is 388 g/mol. The summed E-state index contributed by atoms with van der Waals surface area (Å²) in [6.45, 7) is 0. The first-order valence-corrected chi connectivity index (χ1v) is 7.05. The largest absolute Gasteiger partial charge is 0.389 e. The highest BCUT2D eigenvalue weighted by Crippen LogP contribution is 2.25. The minimum Gasteiger partial charge on any atom is -0.389 e. The van der Waals surface area contributed by atoms with Crippen LogP contribution in [-0.4, -0.2) is 4.99 Å². The van der Waals surface area contributed by atoms with E-state index in [4.69, 9.17) is 29.6 Å². The first kappa shape index (κ1) is 13.6. The Kier molecular flexibility index (Phi) is 4.42. The van der Waals surface area contributed by atoms with Gasteiger partial charge in [-0.3, -0.25) is 0 Å². The highest BCUT2D eigenvalue weighted by atomic mass is 127. The van der Waals surface area contributed by atoms with Gasteiger partial charge in [0.05, 0.1) is 0 Å². The lowest BCUT2D eigenvalue weighted by molar-refractivity contribution is 1.51. The Bertz CT molecular complexity index is 601. The highest BCUT2D eigenvalue weighted by Gasteiger charge is 2.06. The molecule has 0 saturated carbocycles. The Labute approximate surface area is 130 Å². The van der Waals surface area contributed by atoms with Crippen LogP contribution in [0.25, 0.3) is 0 Å². The van der Waals surface area contributed by atoms with Gasteiger partial charge in [0.25, 0.3) is 0 Å². The molecule has 3 N–H and O–H groups in total. The zero-order valence-corrected chi connectivity index (χ0v) is 13.0. The zero-order chi connectivity index (χ0) is 13.1. The van der Waals surface area contributed by atoms with Crippen molar-refractivity contribution >= 4 is 62.8 Å². The number of anilines is 2. The van der Waals surface area contributed by atoms with Crippen molar-refractivity contribution in [3.05, 3.63) is 56.6 Å². The van der Waals surface area contributed by atoms with Gasteiger partial charge in [-0.2, -0.15) is 0 Å². The van der Waals surface area contributed by atoms with E-state index in [2.05, 4.69) is 27.9 Å². The van der Waals surface area contributed by atoms with Crippen molar-refractivity contribution < 1.29 is 0 Å². The van der Waals surface area contributed by atoms with E-state index in [9.17, 15) is 0 Å². The van der Waals surface area contributed by atoms with Gasteiger partial charge in [0.1, 0.15) is 4.99 Å². The standard InChI is InChI=1S/C13H10ClIN2S/c14-8-4-5-12(11(6-8)13(16)18)17-10-3-1-2-9(15)7-10/h1-7,17H,(H2,16,18). The number of rotatable bonds is 3. The second kappa shape index (κ2) is 5.86. The van der Waals surface area contributed by atoms with Crippen molar-refractivity contribution in [2.75, 3.05) is 5.32 Å². The first-order valence-electron chi connectivity index (χ1n) is 5.18. The van der Waals surface area contributed by atoms with Crippen LogP contribution in [0, 0.1) is 3.57 Å². The van der Waals surface area contributed by atoms with Gasteiger partial charge >= 0.3 is 0 Å². The van der Waals surface area contributed by atoms with Crippen molar-refractivity contribution in [3.63, 3.8) is 0 Å². The van der Waals surface area contributed by atoms with E-state index in [1.807, 2.05) is 30.3 Å². The summed E-state index contributed by atoms with van der Waals surface area (Å²) in [5.41, 5.74) is 8.29. The smallest absolute Gasteiger partial charge is 0.106 e. The Balaban J connectivity index is 2.37. The molecule has 0 aliphatic heterocycles. The van der Waals surface area contributed by atoms with E-state index in [0.717, 1.165) is 20.5 Å². The van der Waals surface area contributed by atoms with Crippen LogP contribution in [0.4, 0.5) is 11.4 Å². The molecule has 2 nitrogen and oxygen atoms in total. The molecule has 0 unspecified atom stereocenters. The molecule has 0 amide bonds. The summed E-state index contributed by atoms with van der Waals surface area (Å²) >= 11 is 13.2. The number of halogens is 2. The second-order valence-corrected chi connectivity index (χ2v) is 5.81. The van der Waals surface area contributed by atoms with Crippen LogP contribution in [-0.2, 0) is 0 Å². The fraction of sp³-hybridized carbons (Fsp3) is 0. The van der Waals surface area contributed by atoms with Gasteiger partial charge in [0.15, 0.2) is 0 Å². The number of hydrogen-bond donors (Lipinski definition) is 2.